The predicted molar refractivity (Wildman–Crippen MR) is 102 cm³/mol. The van der Waals surface area contributed by atoms with E-state index in [1.165, 1.54) is 12.1 Å². The third kappa shape index (κ3) is 4.16. The number of furan rings is 1. The molecule has 9 heteroatoms. The van der Waals surface area contributed by atoms with Crippen LogP contribution in [0.1, 0.15) is 10.6 Å². The van der Waals surface area contributed by atoms with Crippen molar-refractivity contribution < 1.29 is 17.6 Å². The van der Waals surface area contributed by atoms with Gasteiger partial charge in [-0.2, -0.15) is 0 Å². The molecule has 0 aliphatic heterocycles. The van der Waals surface area contributed by atoms with Gasteiger partial charge >= 0.3 is 5.91 Å². The van der Waals surface area contributed by atoms with Crippen LogP contribution < -0.4 is 15.2 Å². The highest BCUT2D eigenvalue weighted by atomic mass is 35.5. The number of sulfonamides is 1. The lowest BCUT2D eigenvalue weighted by atomic mass is 10.2. The second kappa shape index (κ2) is 7.77. The van der Waals surface area contributed by atoms with Crippen LogP contribution in [0.5, 0.6) is 0 Å². The summed E-state index contributed by atoms with van der Waals surface area (Å²) in [4.78, 5) is 16.2. The molecule has 0 saturated heterocycles. The molecule has 0 aliphatic rings. The zero-order chi connectivity index (χ0) is 18.0. The SMILES string of the molecule is CN(C)c1ccc2oc(C(=O)NNS(=O)(=O)c3ccccc3)cc2c1.Cl. The first-order valence-corrected chi connectivity index (χ1v) is 8.93. The number of benzene rings is 2. The molecule has 26 heavy (non-hydrogen) atoms. The van der Waals surface area contributed by atoms with Gasteiger partial charge in [0, 0.05) is 25.2 Å². The van der Waals surface area contributed by atoms with Gasteiger partial charge in [-0.25, -0.2) is 8.42 Å². The Morgan fingerprint density at radius 3 is 2.38 bits per heavy atom. The summed E-state index contributed by atoms with van der Waals surface area (Å²) in [6.07, 6.45) is 0. The number of rotatable bonds is 5. The fourth-order valence-corrected chi connectivity index (χ4v) is 3.11. The molecule has 2 N–H and O–H groups in total. The van der Waals surface area contributed by atoms with Gasteiger partial charge in [0.2, 0.25) is 0 Å². The van der Waals surface area contributed by atoms with Crippen molar-refractivity contribution in [1.82, 2.24) is 10.3 Å². The van der Waals surface area contributed by atoms with Crippen molar-refractivity contribution in [2.75, 3.05) is 19.0 Å². The van der Waals surface area contributed by atoms with E-state index in [9.17, 15) is 13.2 Å². The minimum absolute atomic E-state index is 0. The maximum atomic E-state index is 12.2. The van der Waals surface area contributed by atoms with Crippen LogP contribution in [0.15, 0.2) is 63.9 Å². The Balaban J connectivity index is 0.00000243. The maximum Gasteiger partial charge on any atom is 0.301 e. The molecule has 0 saturated carbocycles. The van der Waals surface area contributed by atoms with Gasteiger partial charge in [0.1, 0.15) is 5.58 Å². The summed E-state index contributed by atoms with van der Waals surface area (Å²) in [7, 11) is -0.0217. The minimum atomic E-state index is -3.84. The number of nitrogens with zero attached hydrogens (tertiary/aromatic N) is 1. The highest BCUT2D eigenvalue weighted by Gasteiger charge is 2.17. The van der Waals surface area contributed by atoms with Crippen LogP contribution in [-0.4, -0.2) is 28.4 Å². The van der Waals surface area contributed by atoms with Gasteiger partial charge in [0.25, 0.3) is 10.0 Å². The third-order valence-electron chi connectivity index (χ3n) is 3.59. The molecule has 0 atom stereocenters. The standard InChI is InChI=1S/C17H17N3O4S.ClH/c1-20(2)13-8-9-15-12(10-13)11-16(24-15)17(21)18-19-25(22,23)14-6-4-3-5-7-14;/h3-11,19H,1-2H3,(H,18,21);1H. The Morgan fingerprint density at radius 2 is 1.73 bits per heavy atom. The maximum absolute atomic E-state index is 12.2. The highest BCUT2D eigenvalue weighted by Crippen LogP contribution is 2.24. The Bertz CT molecular complexity index is 1020. The lowest BCUT2D eigenvalue weighted by Crippen LogP contribution is -2.41. The Kier molecular flexibility index (Phi) is 5.91. The highest BCUT2D eigenvalue weighted by molar-refractivity contribution is 7.89. The number of anilines is 1. The van der Waals surface area contributed by atoms with Crippen LogP contribution in [0.4, 0.5) is 5.69 Å². The summed E-state index contributed by atoms with van der Waals surface area (Å²) in [6.45, 7) is 0. The van der Waals surface area contributed by atoms with Gasteiger partial charge in [-0.15, -0.1) is 17.2 Å². The summed E-state index contributed by atoms with van der Waals surface area (Å²) in [6, 6.07) is 14.8. The van der Waals surface area contributed by atoms with Crippen LogP contribution in [0.25, 0.3) is 11.0 Å². The first-order chi connectivity index (χ1) is 11.9. The summed E-state index contributed by atoms with van der Waals surface area (Å²) in [5.74, 6) is -0.663. The Labute approximate surface area is 157 Å². The zero-order valence-corrected chi connectivity index (χ0v) is 15.7. The molecule has 2 aromatic carbocycles. The fraction of sp³-hybridized carbons (Fsp3) is 0.118. The van der Waals surface area contributed by atoms with Crippen molar-refractivity contribution in [3.05, 3.63) is 60.4 Å². The van der Waals surface area contributed by atoms with Gasteiger partial charge in [-0.05, 0) is 36.4 Å². The Morgan fingerprint density at radius 1 is 1.04 bits per heavy atom. The number of halogens is 1. The lowest BCUT2D eigenvalue weighted by Gasteiger charge is -2.11. The normalized spacial score (nSPS) is 11.0. The van der Waals surface area contributed by atoms with E-state index in [1.54, 1.807) is 30.3 Å². The molecule has 0 unspecified atom stereocenters. The molecule has 0 aliphatic carbocycles. The largest absolute Gasteiger partial charge is 0.451 e. The average molecular weight is 396 g/mol. The van der Waals surface area contributed by atoms with Crippen molar-refractivity contribution >= 4 is 45.0 Å². The van der Waals surface area contributed by atoms with Crippen molar-refractivity contribution in [3.63, 3.8) is 0 Å². The molecular formula is C17H18ClN3O4S. The molecule has 1 aromatic heterocycles. The molecule has 138 valence electrons. The number of carbonyl (C=O) groups excluding carboxylic acids is 1. The molecule has 1 amide bonds. The summed E-state index contributed by atoms with van der Waals surface area (Å²) < 4.78 is 29.7. The Hall–Kier alpha value is -2.55. The van der Waals surface area contributed by atoms with Gasteiger partial charge in [-0.3, -0.25) is 10.2 Å². The van der Waals surface area contributed by atoms with Crippen molar-refractivity contribution in [1.29, 1.82) is 0 Å². The smallest absolute Gasteiger partial charge is 0.301 e. The number of carbonyl (C=O) groups is 1. The first-order valence-electron chi connectivity index (χ1n) is 7.45. The van der Waals surface area contributed by atoms with Crippen molar-refractivity contribution in [3.8, 4) is 0 Å². The molecule has 7 nitrogen and oxygen atoms in total. The van der Waals surface area contributed by atoms with Gasteiger partial charge in [0.15, 0.2) is 5.76 Å². The quantitative estimate of drug-likeness (QED) is 0.648. The number of hydrazine groups is 1. The number of hydrogen-bond acceptors (Lipinski definition) is 5. The molecule has 0 fully saturated rings. The van der Waals surface area contributed by atoms with Crippen LogP contribution in [0, 0.1) is 0 Å². The van der Waals surface area contributed by atoms with Crippen LogP contribution >= 0.6 is 12.4 Å². The van der Waals surface area contributed by atoms with Gasteiger partial charge in [0.05, 0.1) is 4.90 Å². The van der Waals surface area contributed by atoms with E-state index in [2.05, 4.69) is 10.3 Å². The van der Waals surface area contributed by atoms with Crippen molar-refractivity contribution in [2.45, 2.75) is 4.90 Å². The van der Waals surface area contributed by atoms with E-state index in [0.29, 0.717) is 5.58 Å². The molecular weight excluding hydrogens is 378 g/mol. The molecule has 0 spiro atoms. The number of fused-ring (bicyclic) bond motifs is 1. The van der Waals surface area contributed by atoms with Crippen LogP contribution in [0.2, 0.25) is 0 Å². The van der Waals surface area contributed by atoms with Crippen molar-refractivity contribution in [2.24, 2.45) is 0 Å². The number of hydrogen-bond donors (Lipinski definition) is 2. The number of amides is 1. The molecule has 0 radical (unpaired) electrons. The van der Waals surface area contributed by atoms with Crippen LogP contribution in [0.3, 0.4) is 0 Å². The summed E-state index contributed by atoms with van der Waals surface area (Å²) in [5.41, 5.74) is 3.66. The second-order valence-corrected chi connectivity index (χ2v) is 7.28. The fourth-order valence-electron chi connectivity index (χ4n) is 2.25. The van der Waals surface area contributed by atoms with Gasteiger partial charge < -0.3 is 9.32 Å². The second-order valence-electron chi connectivity index (χ2n) is 5.60. The van der Waals surface area contributed by atoms with E-state index >= 15 is 0 Å². The molecule has 3 aromatic rings. The first kappa shape index (κ1) is 19.8. The van der Waals surface area contributed by atoms with E-state index in [1.807, 2.05) is 31.1 Å². The van der Waals surface area contributed by atoms with E-state index < -0.39 is 15.9 Å². The molecule has 0 bridgehead atoms. The zero-order valence-electron chi connectivity index (χ0n) is 14.1. The summed E-state index contributed by atoms with van der Waals surface area (Å²) in [5, 5.41) is 0.752. The van der Waals surface area contributed by atoms with E-state index in [-0.39, 0.29) is 23.1 Å². The third-order valence-corrected chi connectivity index (χ3v) is 4.86. The van der Waals surface area contributed by atoms with E-state index in [4.69, 9.17) is 4.42 Å². The summed E-state index contributed by atoms with van der Waals surface area (Å²) >= 11 is 0. The van der Waals surface area contributed by atoms with Crippen LogP contribution in [-0.2, 0) is 10.0 Å². The van der Waals surface area contributed by atoms with Gasteiger partial charge in [-0.1, -0.05) is 18.2 Å². The topological polar surface area (TPSA) is 91.7 Å². The molecule has 1 heterocycles. The predicted octanol–water partition coefficient (Wildman–Crippen LogP) is 2.54. The number of nitrogens with one attached hydrogen (secondary N) is 2. The average Bonchev–Trinajstić information content (AvgIpc) is 3.03. The minimum Gasteiger partial charge on any atom is -0.451 e. The molecule has 3 rings (SSSR count). The lowest BCUT2D eigenvalue weighted by molar-refractivity contribution is 0.0919. The monoisotopic (exact) mass is 395 g/mol. The van der Waals surface area contributed by atoms with E-state index in [0.717, 1.165) is 11.1 Å².